The maximum absolute atomic E-state index is 13.9. The van der Waals surface area contributed by atoms with Gasteiger partial charge in [0.05, 0.1) is 28.5 Å². The molecule has 36 heavy (non-hydrogen) atoms. The normalized spacial score (nSPS) is 25.2. The molecular formula is C29H34N6O. The molecule has 186 valence electrons. The van der Waals surface area contributed by atoms with E-state index in [0.29, 0.717) is 29.4 Å². The number of hydrogen-bond donors (Lipinski definition) is 1. The highest BCUT2D eigenvalue weighted by atomic mass is 16.1. The molecule has 7 nitrogen and oxygen atoms in total. The van der Waals surface area contributed by atoms with Crippen molar-refractivity contribution in [1.82, 2.24) is 19.4 Å². The van der Waals surface area contributed by atoms with Gasteiger partial charge in [0, 0.05) is 30.4 Å². The van der Waals surface area contributed by atoms with Crippen molar-refractivity contribution in [3.8, 4) is 6.07 Å². The summed E-state index contributed by atoms with van der Waals surface area (Å²) in [5.41, 5.74) is 2.51. The van der Waals surface area contributed by atoms with E-state index in [1.165, 1.54) is 57.8 Å². The molecule has 3 aromatic rings. The standard InChI is InChI=1S/C29H34N6O/c30-18-20-14-15-31-19-26(20)33-28-29(36)35(27-11-7-6-10-25(27)32-28)24-16-22-12-13-23(17-24)34(22)21-8-4-2-1-3-5-9-21/h6-7,10-11,14-15,19,21-24H,1-5,8-9,12-13,16-17H2,(H,32,33). The molecule has 1 aromatic carbocycles. The number of nitrogens with one attached hydrogen (secondary N) is 1. The van der Waals surface area contributed by atoms with Gasteiger partial charge in [-0.1, -0.05) is 44.2 Å². The monoisotopic (exact) mass is 482 g/mol. The Bertz CT molecular complexity index is 1320. The quantitative estimate of drug-likeness (QED) is 0.514. The number of para-hydroxylation sites is 2. The lowest BCUT2D eigenvalue weighted by Crippen LogP contribution is -2.50. The maximum atomic E-state index is 13.9. The summed E-state index contributed by atoms with van der Waals surface area (Å²) in [5.74, 6) is 0.257. The molecule has 3 aliphatic rings. The van der Waals surface area contributed by atoms with Gasteiger partial charge in [-0.15, -0.1) is 0 Å². The molecule has 3 fully saturated rings. The molecule has 4 heterocycles. The Balaban J connectivity index is 1.34. The molecule has 1 aliphatic carbocycles. The predicted molar refractivity (Wildman–Crippen MR) is 141 cm³/mol. The fraction of sp³-hybridized carbons (Fsp3) is 0.517. The summed E-state index contributed by atoms with van der Waals surface area (Å²) < 4.78 is 1.99. The zero-order valence-electron chi connectivity index (χ0n) is 20.8. The van der Waals surface area contributed by atoms with Crippen LogP contribution in [0.25, 0.3) is 11.0 Å². The Kier molecular flexibility index (Phi) is 6.45. The van der Waals surface area contributed by atoms with Crippen molar-refractivity contribution in [1.29, 1.82) is 5.26 Å². The van der Waals surface area contributed by atoms with Gasteiger partial charge in [-0.25, -0.2) is 4.98 Å². The largest absolute Gasteiger partial charge is 0.333 e. The first kappa shape index (κ1) is 23.2. The third-order valence-corrected chi connectivity index (χ3v) is 8.62. The highest BCUT2D eigenvalue weighted by Crippen LogP contribution is 2.44. The van der Waals surface area contributed by atoms with Gasteiger partial charge >= 0.3 is 0 Å². The molecule has 2 atom stereocenters. The van der Waals surface area contributed by atoms with E-state index in [1.807, 2.05) is 28.8 Å². The molecule has 0 radical (unpaired) electrons. The van der Waals surface area contributed by atoms with Crippen molar-refractivity contribution < 1.29 is 0 Å². The van der Waals surface area contributed by atoms with E-state index < -0.39 is 0 Å². The number of benzene rings is 1. The molecule has 0 spiro atoms. The van der Waals surface area contributed by atoms with Crippen LogP contribution >= 0.6 is 0 Å². The van der Waals surface area contributed by atoms with Crippen LogP contribution < -0.4 is 10.9 Å². The number of piperidine rings is 1. The highest BCUT2D eigenvalue weighted by Gasteiger charge is 2.44. The lowest BCUT2D eigenvalue weighted by Gasteiger charge is -2.45. The van der Waals surface area contributed by atoms with Crippen LogP contribution in [0.3, 0.4) is 0 Å². The Morgan fingerprint density at radius 3 is 2.36 bits per heavy atom. The van der Waals surface area contributed by atoms with Crippen LogP contribution in [-0.4, -0.2) is 37.6 Å². The van der Waals surface area contributed by atoms with E-state index in [4.69, 9.17) is 0 Å². The number of aromatic nitrogens is 3. The van der Waals surface area contributed by atoms with Crippen LogP contribution in [-0.2, 0) is 0 Å². The number of fused-ring (bicyclic) bond motifs is 3. The molecule has 1 N–H and O–H groups in total. The fourth-order valence-corrected chi connectivity index (χ4v) is 7.04. The summed E-state index contributed by atoms with van der Waals surface area (Å²) in [6, 6.07) is 13.7. The maximum Gasteiger partial charge on any atom is 0.294 e. The van der Waals surface area contributed by atoms with Crippen LogP contribution in [0, 0.1) is 11.3 Å². The first-order valence-corrected chi connectivity index (χ1v) is 13.6. The van der Waals surface area contributed by atoms with Gasteiger partial charge in [0.15, 0.2) is 5.82 Å². The number of pyridine rings is 1. The minimum absolute atomic E-state index is 0.120. The first-order chi connectivity index (χ1) is 17.7. The average molecular weight is 483 g/mol. The van der Waals surface area contributed by atoms with Crippen LogP contribution in [0.2, 0.25) is 0 Å². The molecule has 2 unspecified atom stereocenters. The highest BCUT2D eigenvalue weighted by molar-refractivity contribution is 5.77. The Labute approximate surface area is 212 Å². The van der Waals surface area contributed by atoms with Crippen molar-refractivity contribution in [3.63, 3.8) is 0 Å². The van der Waals surface area contributed by atoms with Crippen LogP contribution in [0.4, 0.5) is 11.5 Å². The van der Waals surface area contributed by atoms with Crippen molar-refractivity contribution in [2.45, 2.75) is 94.8 Å². The smallest absolute Gasteiger partial charge is 0.294 e. The van der Waals surface area contributed by atoms with Gasteiger partial charge in [-0.3, -0.25) is 14.7 Å². The third-order valence-electron chi connectivity index (χ3n) is 8.62. The average Bonchev–Trinajstić information content (AvgIpc) is 3.13. The van der Waals surface area contributed by atoms with Gasteiger partial charge in [-0.05, 0) is 56.7 Å². The van der Waals surface area contributed by atoms with E-state index in [1.54, 1.807) is 18.5 Å². The van der Waals surface area contributed by atoms with E-state index in [-0.39, 0.29) is 17.4 Å². The lowest BCUT2D eigenvalue weighted by molar-refractivity contribution is 0.0498. The number of nitriles is 1. The molecule has 2 aromatic heterocycles. The molecule has 1 saturated carbocycles. The topological polar surface area (TPSA) is 86.8 Å². The summed E-state index contributed by atoms with van der Waals surface area (Å²) in [6.07, 6.45) is 17.2. The molecule has 0 amide bonds. The van der Waals surface area contributed by atoms with Crippen LogP contribution in [0.1, 0.15) is 82.2 Å². The summed E-state index contributed by atoms with van der Waals surface area (Å²) in [7, 11) is 0. The van der Waals surface area contributed by atoms with Gasteiger partial charge in [0.2, 0.25) is 0 Å². The summed E-state index contributed by atoms with van der Waals surface area (Å²) in [4.78, 5) is 25.6. The van der Waals surface area contributed by atoms with E-state index in [0.717, 1.165) is 23.9 Å². The Hall–Kier alpha value is -3.24. The summed E-state index contributed by atoms with van der Waals surface area (Å²) in [6.45, 7) is 0. The van der Waals surface area contributed by atoms with Gasteiger partial charge in [0.1, 0.15) is 6.07 Å². The van der Waals surface area contributed by atoms with E-state index in [2.05, 4.69) is 26.3 Å². The van der Waals surface area contributed by atoms with Crippen LogP contribution in [0.5, 0.6) is 0 Å². The Morgan fingerprint density at radius 2 is 1.61 bits per heavy atom. The van der Waals surface area contributed by atoms with Crippen molar-refractivity contribution in [2.24, 2.45) is 0 Å². The molecule has 2 bridgehead atoms. The third kappa shape index (κ3) is 4.28. The Morgan fingerprint density at radius 1 is 0.889 bits per heavy atom. The number of hydrogen-bond acceptors (Lipinski definition) is 6. The SMILES string of the molecule is N#Cc1ccncc1Nc1nc2ccccc2n(C2CC3CCC(C2)N3C2CCCCCCC2)c1=O. The van der Waals surface area contributed by atoms with E-state index >= 15 is 0 Å². The number of anilines is 2. The number of nitrogens with zero attached hydrogens (tertiary/aromatic N) is 5. The van der Waals surface area contributed by atoms with Crippen molar-refractivity contribution in [3.05, 3.63) is 58.6 Å². The summed E-state index contributed by atoms with van der Waals surface area (Å²) >= 11 is 0. The first-order valence-electron chi connectivity index (χ1n) is 13.6. The molecule has 7 heteroatoms. The number of rotatable bonds is 4. The zero-order chi connectivity index (χ0) is 24.5. The molecule has 2 aliphatic heterocycles. The lowest BCUT2D eigenvalue weighted by atomic mass is 9.89. The van der Waals surface area contributed by atoms with Crippen LogP contribution in [0.15, 0.2) is 47.5 Å². The minimum atomic E-state index is -0.120. The van der Waals surface area contributed by atoms with Crippen molar-refractivity contribution >= 4 is 22.5 Å². The minimum Gasteiger partial charge on any atom is -0.333 e. The fourth-order valence-electron chi connectivity index (χ4n) is 7.04. The van der Waals surface area contributed by atoms with Gasteiger partial charge in [0.25, 0.3) is 5.56 Å². The molecular weight excluding hydrogens is 448 g/mol. The molecule has 6 rings (SSSR count). The summed E-state index contributed by atoms with van der Waals surface area (Å²) in [5, 5.41) is 12.6. The van der Waals surface area contributed by atoms with E-state index in [9.17, 15) is 10.1 Å². The predicted octanol–water partition coefficient (Wildman–Crippen LogP) is 5.69. The molecule has 2 saturated heterocycles. The second-order valence-corrected chi connectivity index (χ2v) is 10.7. The second-order valence-electron chi connectivity index (χ2n) is 10.7. The van der Waals surface area contributed by atoms with Gasteiger partial charge in [-0.2, -0.15) is 5.26 Å². The van der Waals surface area contributed by atoms with Crippen molar-refractivity contribution in [2.75, 3.05) is 5.32 Å². The van der Waals surface area contributed by atoms with Gasteiger partial charge < -0.3 is 9.88 Å². The second kappa shape index (κ2) is 10.0. The zero-order valence-corrected chi connectivity index (χ0v) is 20.8.